The van der Waals surface area contributed by atoms with Crippen molar-refractivity contribution in [3.63, 3.8) is 0 Å². The van der Waals surface area contributed by atoms with Crippen molar-refractivity contribution >= 4 is 5.91 Å². The lowest BCUT2D eigenvalue weighted by Crippen LogP contribution is -2.47. The zero-order chi connectivity index (χ0) is 18.0. The summed E-state index contributed by atoms with van der Waals surface area (Å²) in [5, 5.41) is 4.42. The van der Waals surface area contributed by atoms with E-state index in [1.165, 1.54) is 6.07 Å². The van der Waals surface area contributed by atoms with Gasteiger partial charge in [0, 0.05) is 24.3 Å². The number of nitrogens with zero attached hydrogens (tertiary/aromatic N) is 3. The average Bonchev–Trinajstić information content (AvgIpc) is 2.62. The second-order valence-electron chi connectivity index (χ2n) is 6.90. The molecule has 0 saturated carbocycles. The number of likely N-dealkylation sites (tertiary alicyclic amines) is 1. The number of hydrogen-bond donors (Lipinski definition) is 0. The molecule has 1 saturated heterocycles. The van der Waals surface area contributed by atoms with Crippen molar-refractivity contribution in [3.8, 4) is 5.69 Å². The van der Waals surface area contributed by atoms with Crippen molar-refractivity contribution in [2.24, 2.45) is 5.92 Å². The summed E-state index contributed by atoms with van der Waals surface area (Å²) in [7, 11) is 0. The molecule has 2 aromatic rings. The number of para-hydroxylation sites is 1. The molecule has 1 aromatic heterocycles. The Morgan fingerprint density at radius 2 is 1.96 bits per heavy atom. The number of aromatic nitrogens is 2. The maximum atomic E-state index is 13.0. The summed E-state index contributed by atoms with van der Waals surface area (Å²) >= 11 is 0. The van der Waals surface area contributed by atoms with Gasteiger partial charge in [-0.25, -0.2) is 4.68 Å². The van der Waals surface area contributed by atoms with Gasteiger partial charge in [0.05, 0.1) is 5.69 Å². The van der Waals surface area contributed by atoms with E-state index in [2.05, 4.69) is 12.0 Å². The van der Waals surface area contributed by atoms with E-state index in [0.29, 0.717) is 18.2 Å². The summed E-state index contributed by atoms with van der Waals surface area (Å²) in [4.78, 5) is 27.3. The van der Waals surface area contributed by atoms with Crippen LogP contribution in [0.3, 0.4) is 0 Å². The molecule has 25 heavy (non-hydrogen) atoms. The SMILES string of the molecule is CC[C@@H]1CC[C@H](C)N(C(=O)c2nn(-c3ccccc3)c(C)cc2=O)C1. The van der Waals surface area contributed by atoms with Gasteiger partial charge in [0.15, 0.2) is 5.69 Å². The standard InChI is InChI=1S/C20H25N3O2/c1-4-16-11-10-14(2)22(13-16)20(25)19-18(24)12-15(3)23(21-19)17-8-6-5-7-9-17/h5-9,12,14,16H,4,10-11,13H2,1-3H3/t14-,16+/m0/s1. The van der Waals surface area contributed by atoms with Crippen LogP contribution >= 0.6 is 0 Å². The Bertz CT molecular complexity index is 813. The molecule has 0 bridgehead atoms. The van der Waals surface area contributed by atoms with Crippen molar-refractivity contribution in [1.82, 2.24) is 14.7 Å². The van der Waals surface area contributed by atoms with Crippen LogP contribution in [0, 0.1) is 12.8 Å². The van der Waals surface area contributed by atoms with Crippen molar-refractivity contribution < 1.29 is 4.79 Å². The number of carbonyl (C=O) groups excluding carboxylic acids is 1. The topological polar surface area (TPSA) is 55.2 Å². The van der Waals surface area contributed by atoms with Gasteiger partial charge in [-0.1, -0.05) is 31.5 Å². The van der Waals surface area contributed by atoms with E-state index < -0.39 is 0 Å². The molecule has 5 heteroatoms. The van der Waals surface area contributed by atoms with Crippen LogP contribution in [0.5, 0.6) is 0 Å². The van der Waals surface area contributed by atoms with Gasteiger partial charge < -0.3 is 4.90 Å². The van der Waals surface area contributed by atoms with Gasteiger partial charge >= 0.3 is 0 Å². The van der Waals surface area contributed by atoms with Gasteiger partial charge in [0.1, 0.15) is 0 Å². The van der Waals surface area contributed by atoms with Crippen LogP contribution in [-0.2, 0) is 0 Å². The van der Waals surface area contributed by atoms with Gasteiger partial charge in [-0.3, -0.25) is 9.59 Å². The van der Waals surface area contributed by atoms with Gasteiger partial charge in [0.25, 0.3) is 5.91 Å². The van der Waals surface area contributed by atoms with Gasteiger partial charge in [0.2, 0.25) is 5.43 Å². The van der Waals surface area contributed by atoms with E-state index in [-0.39, 0.29) is 23.1 Å². The zero-order valence-electron chi connectivity index (χ0n) is 15.1. The first-order valence-electron chi connectivity index (χ1n) is 8.98. The predicted octanol–water partition coefficient (Wildman–Crippen LogP) is 3.19. The largest absolute Gasteiger partial charge is 0.334 e. The van der Waals surface area contributed by atoms with Crippen molar-refractivity contribution in [3.05, 3.63) is 58.0 Å². The fourth-order valence-corrected chi connectivity index (χ4v) is 3.46. The fraction of sp³-hybridized carbons (Fsp3) is 0.450. The van der Waals surface area contributed by atoms with Crippen LogP contribution in [0.2, 0.25) is 0 Å². The van der Waals surface area contributed by atoms with E-state index >= 15 is 0 Å². The molecule has 1 aromatic carbocycles. The Kier molecular flexibility index (Phi) is 5.02. The molecule has 5 nitrogen and oxygen atoms in total. The monoisotopic (exact) mass is 339 g/mol. The predicted molar refractivity (Wildman–Crippen MR) is 98.1 cm³/mol. The fourth-order valence-electron chi connectivity index (χ4n) is 3.46. The summed E-state index contributed by atoms with van der Waals surface area (Å²) in [6, 6.07) is 11.2. The molecule has 0 aliphatic carbocycles. The van der Waals surface area contributed by atoms with Crippen LogP contribution < -0.4 is 5.43 Å². The summed E-state index contributed by atoms with van der Waals surface area (Å²) in [5.74, 6) is 0.252. The van der Waals surface area contributed by atoms with Crippen LogP contribution in [0.25, 0.3) is 5.69 Å². The Balaban J connectivity index is 1.99. The first-order valence-corrected chi connectivity index (χ1v) is 8.98. The lowest BCUT2D eigenvalue weighted by atomic mass is 9.91. The molecule has 1 aliphatic heterocycles. The molecular weight excluding hydrogens is 314 g/mol. The third kappa shape index (κ3) is 3.50. The second-order valence-corrected chi connectivity index (χ2v) is 6.90. The minimum Gasteiger partial charge on any atom is -0.334 e. The minimum atomic E-state index is -0.305. The Hall–Kier alpha value is -2.43. The van der Waals surface area contributed by atoms with E-state index in [0.717, 1.165) is 24.9 Å². The molecule has 0 radical (unpaired) electrons. The van der Waals surface area contributed by atoms with Crippen molar-refractivity contribution in [1.29, 1.82) is 0 Å². The Morgan fingerprint density at radius 1 is 1.24 bits per heavy atom. The van der Waals surface area contributed by atoms with E-state index in [4.69, 9.17) is 0 Å². The maximum absolute atomic E-state index is 13.0. The number of piperidine rings is 1. The van der Waals surface area contributed by atoms with Crippen LogP contribution in [0.4, 0.5) is 0 Å². The quantitative estimate of drug-likeness (QED) is 0.863. The smallest absolute Gasteiger partial charge is 0.278 e. The van der Waals surface area contributed by atoms with E-state index in [1.54, 1.807) is 4.68 Å². The molecule has 132 valence electrons. The van der Waals surface area contributed by atoms with Gasteiger partial charge in [-0.2, -0.15) is 5.10 Å². The minimum absolute atomic E-state index is 0.0121. The normalized spacial score (nSPS) is 20.5. The third-order valence-electron chi connectivity index (χ3n) is 5.13. The first kappa shape index (κ1) is 17.4. The van der Waals surface area contributed by atoms with Crippen LogP contribution in [0.15, 0.2) is 41.2 Å². The highest BCUT2D eigenvalue weighted by molar-refractivity contribution is 5.92. The summed E-state index contributed by atoms with van der Waals surface area (Å²) in [6.45, 7) is 6.73. The second kappa shape index (κ2) is 7.21. The maximum Gasteiger partial charge on any atom is 0.278 e. The summed E-state index contributed by atoms with van der Waals surface area (Å²) in [5.41, 5.74) is 1.26. The molecule has 1 fully saturated rings. The number of benzene rings is 1. The Labute approximate surface area is 148 Å². The van der Waals surface area contributed by atoms with Crippen LogP contribution in [0.1, 0.15) is 49.3 Å². The average molecular weight is 339 g/mol. The number of carbonyl (C=O) groups is 1. The Morgan fingerprint density at radius 3 is 2.64 bits per heavy atom. The summed E-state index contributed by atoms with van der Waals surface area (Å²) in [6.07, 6.45) is 3.16. The first-order chi connectivity index (χ1) is 12.0. The molecule has 1 amide bonds. The van der Waals surface area contributed by atoms with Gasteiger partial charge in [-0.15, -0.1) is 0 Å². The van der Waals surface area contributed by atoms with Crippen molar-refractivity contribution in [2.75, 3.05) is 6.54 Å². The molecule has 0 N–H and O–H groups in total. The summed E-state index contributed by atoms with van der Waals surface area (Å²) < 4.78 is 1.67. The molecule has 2 heterocycles. The van der Waals surface area contributed by atoms with Gasteiger partial charge in [-0.05, 0) is 44.7 Å². The lowest BCUT2D eigenvalue weighted by molar-refractivity contribution is 0.0547. The zero-order valence-corrected chi connectivity index (χ0v) is 15.1. The lowest BCUT2D eigenvalue weighted by Gasteiger charge is -2.37. The highest BCUT2D eigenvalue weighted by atomic mass is 16.2. The highest BCUT2D eigenvalue weighted by Gasteiger charge is 2.31. The number of amides is 1. The number of rotatable bonds is 3. The highest BCUT2D eigenvalue weighted by Crippen LogP contribution is 2.25. The van der Waals surface area contributed by atoms with E-state index in [1.807, 2.05) is 49.1 Å². The molecule has 0 unspecified atom stereocenters. The molecule has 2 atom stereocenters. The molecule has 1 aliphatic rings. The molecule has 0 spiro atoms. The molecular formula is C20H25N3O2. The van der Waals surface area contributed by atoms with Crippen LogP contribution in [-0.4, -0.2) is 33.2 Å². The van der Waals surface area contributed by atoms with E-state index in [9.17, 15) is 9.59 Å². The number of hydrogen-bond acceptors (Lipinski definition) is 3. The molecule has 3 rings (SSSR count). The van der Waals surface area contributed by atoms with Crippen molar-refractivity contribution in [2.45, 2.75) is 46.1 Å². The number of aryl methyl sites for hydroxylation is 1. The third-order valence-corrected chi connectivity index (χ3v) is 5.13.